The summed E-state index contributed by atoms with van der Waals surface area (Å²) in [6, 6.07) is 6.28. The molecule has 0 saturated carbocycles. The third-order valence-electron chi connectivity index (χ3n) is 6.71. The molecule has 2 aliphatic rings. The van der Waals surface area contributed by atoms with Gasteiger partial charge in [-0.15, -0.1) is 0 Å². The van der Waals surface area contributed by atoms with Crippen molar-refractivity contribution < 1.29 is 42.9 Å². The van der Waals surface area contributed by atoms with E-state index in [1.54, 1.807) is 23.6 Å². The van der Waals surface area contributed by atoms with Crippen molar-refractivity contribution in [1.82, 2.24) is 4.57 Å². The van der Waals surface area contributed by atoms with Crippen LogP contribution in [0.25, 0.3) is 16.3 Å². The van der Waals surface area contributed by atoms with E-state index < -0.39 is 34.8 Å². The Morgan fingerprint density at radius 2 is 1.71 bits per heavy atom. The third kappa shape index (κ3) is 8.10. The summed E-state index contributed by atoms with van der Waals surface area (Å²) >= 11 is 0. The molecule has 0 aliphatic carbocycles. The van der Waals surface area contributed by atoms with Crippen molar-refractivity contribution in [2.24, 2.45) is 0 Å². The number of aryl methyl sites for hydroxylation is 1. The van der Waals surface area contributed by atoms with Crippen molar-refractivity contribution in [1.29, 1.82) is 0 Å². The summed E-state index contributed by atoms with van der Waals surface area (Å²) in [5.74, 6) is -0.158. The molecule has 0 radical (unpaired) electrons. The van der Waals surface area contributed by atoms with Crippen molar-refractivity contribution >= 4 is 44.2 Å². The zero-order chi connectivity index (χ0) is 32.5. The van der Waals surface area contributed by atoms with Gasteiger partial charge >= 0.3 is 17.7 Å². The molecule has 0 saturated heterocycles. The maximum absolute atomic E-state index is 13.3. The fourth-order valence-electron chi connectivity index (χ4n) is 4.56. The number of benzene rings is 1. The van der Waals surface area contributed by atoms with E-state index >= 15 is 0 Å². The van der Waals surface area contributed by atoms with Crippen molar-refractivity contribution in [2.45, 2.75) is 45.4 Å². The second-order valence-electron chi connectivity index (χ2n) is 9.79. The first-order valence-electron chi connectivity index (χ1n) is 14.0. The van der Waals surface area contributed by atoms with E-state index in [0.29, 0.717) is 53.4 Å². The van der Waals surface area contributed by atoms with Crippen LogP contribution in [0.3, 0.4) is 0 Å². The van der Waals surface area contributed by atoms with Gasteiger partial charge in [0.1, 0.15) is 47.5 Å². The van der Waals surface area contributed by atoms with Crippen LogP contribution in [0.5, 0.6) is 17.2 Å². The Kier molecular flexibility index (Phi) is 11.4. The van der Waals surface area contributed by atoms with Gasteiger partial charge < -0.3 is 28.5 Å². The molecule has 0 spiro atoms. The van der Waals surface area contributed by atoms with Gasteiger partial charge in [-0.1, -0.05) is 33.5 Å². The Morgan fingerprint density at radius 3 is 2.42 bits per heavy atom. The molecule has 0 atom stereocenters. The van der Waals surface area contributed by atoms with Crippen LogP contribution in [0.1, 0.15) is 54.6 Å². The smallest absolute Gasteiger partial charge is 0.411 e. The molecule has 240 valence electrons. The van der Waals surface area contributed by atoms with Crippen molar-refractivity contribution in [3.8, 4) is 33.5 Å². The molecule has 1 aromatic carbocycles. The minimum atomic E-state index is -0.867. The third-order valence-corrected chi connectivity index (χ3v) is 8.78. The highest BCUT2D eigenvalue weighted by Gasteiger charge is 2.27. The van der Waals surface area contributed by atoms with E-state index in [9.17, 15) is 29.1 Å². The van der Waals surface area contributed by atoms with Crippen molar-refractivity contribution in [2.75, 3.05) is 32.8 Å². The van der Waals surface area contributed by atoms with Crippen LogP contribution in [0.4, 0.5) is 10.5 Å². The molecule has 2 aromatic rings. The standard InChI is InChI=1S/C30H32N2O11S2/c1-17-14-22(34)25(29(37)43-17)21(33)8-6-4-5-7-9-24(35)41-12-13-42-30(38)31-26-27-20(16-44-45-27)32(28(26)36)19-11-10-18(39-2)15-23(19)40-3/h10-11,14-16,34H,4-9,12-13H2,1-3H3,(H,31,38). The van der Waals surface area contributed by atoms with Gasteiger partial charge in [0, 0.05) is 30.4 Å². The summed E-state index contributed by atoms with van der Waals surface area (Å²) in [4.78, 5) is 62.5. The number of rotatable bonds is 15. The van der Waals surface area contributed by atoms with Gasteiger partial charge in [0.15, 0.2) is 5.78 Å². The first kappa shape index (κ1) is 33.3. The zero-order valence-corrected chi connectivity index (χ0v) is 26.5. The van der Waals surface area contributed by atoms with Gasteiger partial charge in [-0.05, 0) is 31.9 Å². The lowest BCUT2D eigenvalue weighted by Gasteiger charge is -2.11. The quantitative estimate of drug-likeness (QED) is 0.0727. The Morgan fingerprint density at radius 1 is 0.978 bits per heavy atom. The molecule has 15 heteroatoms. The lowest BCUT2D eigenvalue weighted by Crippen LogP contribution is -2.23. The number of aromatic hydroxyl groups is 1. The normalized spacial score (nSPS) is 10.9. The number of methoxy groups -OCH3 is 2. The molecule has 4 rings (SSSR count). The number of ketones is 1. The molecule has 2 aliphatic heterocycles. The van der Waals surface area contributed by atoms with Gasteiger partial charge in [0.25, 0.3) is 5.56 Å². The summed E-state index contributed by atoms with van der Waals surface area (Å²) in [7, 11) is 5.74. The highest BCUT2D eigenvalue weighted by atomic mass is 32.9. The Balaban J connectivity index is 1.17. The topological polar surface area (TPSA) is 173 Å². The predicted octanol–water partition coefficient (Wildman–Crippen LogP) is 5.36. The van der Waals surface area contributed by atoms with Crippen LogP contribution in [0.2, 0.25) is 0 Å². The van der Waals surface area contributed by atoms with E-state index in [1.165, 1.54) is 52.5 Å². The molecule has 45 heavy (non-hydrogen) atoms. The molecule has 0 bridgehead atoms. The minimum Gasteiger partial charge on any atom is -0.507 e. The number of amides is 1. The fourth-order valence-corrected chi connectivity index (χ4v) is 6.76. The Bertz CT molecular complexity index is 1750. The second kappa shape index (κ2) is 15.4. The Hall–Kier alpha value is -4.63. The number of fused-ring (bicyclic) bond motifs is 1. The average Bonchev–Trinajstić information content (AvgIpc) is 3.57. The second-order valence-corrected chi connectivity index (χ2v) is 11.9. The van der Waals surface area contributed by atoms with Gasteiger partial charge in [-0.25, -0.2) is 9.59 Å². The van der Waals surface area contributed by atoms with E-state index in [4.69, 9.17) is 23.4 Å². The summed E-state index contributed by atoms with van der Waals surface area (Å²) in [5, 5.41) is 14.2. The van der Waals surface area contributed by atoms with Crippen LogP contribution in [-0.2, 0) is 14.3 Å². The lowest BCUT2D eigenvalue weighted by molar-refractivity contribution is -0.144. The average molecular weight is 661 g/mol. The predicted molar refractivity (Wildman–Crippen MR) is 167 cm³/mol. The van der Waals surface area contributed by atoms with Gasteiger partial charge in [-0.2, -0.15) is 0 Å². The number of hydrogen-bond donors (Lipinski definition) is 2. The molecule has 1 aromatic heterocycles. The molecule has 0 unspecified atom stereocenters. The number of ether oxygens (including phenoxy) is 4. The van der Waals surface area contributed by atoms with Crippen LogP contribution >= 0.6 is 20.7 Å². The summed E-state index contributed by atoms with van der Waals surface area (Å²) < 4.78 is 27.2. The number of anilines is 1. The number of carbonyl (C=O) groups is 3. The Labute approximate surface area is 264 Å². The van der Waals surface area contributed by atoms with Crippen LogP contribution in [0.15, 0.2) is 43.7 Å². The maximum atomic E-state index is 13.3. The van der Waals surface area contributed by atoms with E-state index in [0.717, 1.165) is 0 Å². The van der Waals surface area contributed by atoms with E-state index in [2.05, 4.69) is 5.32 Å². The van der Waals surface area contributed by atoms with Crippen molar-refractivity contribution in [3.05, 3.63) is 61.7 Å². The number of esters is 1. The monoisotopic (exact) mass is 660 g/mol. The highest BCUT2D eigenvalue weighted by molar-refractivity contribution is 7.70. The van der Waals surface area contributed by atoms with Crippen LogP contribution < -0.4 is 26.0 Å². The number of Topliss-reactive ketones (excluding diaryl/α,β-unsaturated/α-hetero) is 1. The SMILES string of the molecule is COc1ccc(-n2c3cssc-3c(NC(=O)OCCOC(=O)CCCCCCC(=O)c3c(O)cc(C)oc3=O)c2=O)c(OC)c1. The molecule has 3 heterocycles. The number of nitrogens with one attached hydrogen (secondary N) is 1. The van der Waals surface area contributed by atoms with Crippen LogP contribution in [0, 0.1) is 6.92 Å². The molecule has 2 N–H and O–H groups in total. The van der Waals surface area contributed by atoms with Crippen LogP contribution in [-0.4, -0.2) is 55.0 Å². The number of nitrogens with zero attached hydrogens (tertiary/aromatic N) is 1. The van der Waals surface area contributed by atoms with E-state index in [1.807, 2.05) is 0 Å². The summed E-state index contributed by atoms with van der Waals surface area (Å²) in [6.45, 7) is 1.13. The zero-order valence-electron chi connectivity index (χ0n) is 24.8. The minimum absolute atomic E-state index is 0.0666. The highest BCUT2D eigenvalue weighted by Crippen LogP contribution is 2.40. The van der Waals surface area contributed by atoms with E-state index in [-0.39, 0.29) is 43.1 Å². The molecular weight excluding hydrogens is 628 g/mol. The number of hydrogen-bond acceptors (Lipinski definition) is 13. The molecular formula is C30H32N2O11S2. The van der Waals surface area contributed by atoms with Gasteiger partial charge in [0.05, 0.1) is 30.5 Å². The molecule has 0 fully saturated rings. The first-order valence-corrected chi connectivity index (χ1v) is 16.2. The van der Waals surface area contributed by atoms with Gasteiger partial charge in [-0.3, -0.25) is 24.3 Å². The summed E-state index contributed by atoms with van der Waals surface area (Å²) in [5.41, 5.74) is -0.510. The lowest BCUT2D eigenvalue weighted by atomic mass is 10.0. The van der Waals surface area contributed by atoms with Gasteiger partial charge in [0.2, 0.25) is 0 Å². The summed E-state index contributed by atoms with van der Waals surface area (Å²) in [6.07, 6.45) is 1.62. The van der Waals surface area contributed by atoms with Crippen molar-refractivity contribution in [3.63, 3.8) is 0 Å². The number of carbonyl (C=O) groups excluding carboxylic acids is 3. The molecule has 13 nitrogen and oxygen atoms in total. The fraction of sp³-hybridized carbons (Fsp3) is 0.367. The number of aromatic nitrogens is 1. The largest absolute Gasteiger partial charge is 0.507 e. The molecule has 1 amide bonds. The maximum Gasteiger partial charge on any atom is 0.411 e. The number of unbranched alkanes of at least 4 members (excludes halogenated alkanes) is 3. The first-order chi connectivity index (χ1) is 21.6.